The van der Waals surface area contributed by atoms with Gasteiger partial charge in [-0.2, -0.15) is 0 Å². The lowest BCUT2D eigenvalue weighted by Crippen LogP contribution is -2.15. The van der Waals surface area contributed by atoms with Gasteiger partial charge in [0.05, 0.1) is 11.9 Å². The van der Waals surface area contributed by atoms with Crippen molar-refractivity contribution in [1.82, 2.24) is 0 Å². The Hall–Kier alpha value is -1.05. The number of ketones is 1. The maximum atomic E-state index is 11.4. The van der Waals surface area contributed by atoms with Gasteiger partial charge in [-0.25, -0.2) is 0 Å². The largest absolute Gasteiger partial charge is 0.495 e. The molecule has 0 saturated carbocycles. The Morgan fingerprint density at radius 2 is 1.79 bits per heavy atom. The molecule has 0 aliphatic heterocycles. The molecule has 0 aromatic carbocycles. The summed E-state index contributed by atoms with van der Waals surface area (Å²) >= 11 is 0. The van der Waals surface area contributed by atoms with Crippen LogP contribution in [0.4, 0.5) is 0 Å². The van der Waals surface area contributed by atoms with Crippen molar-refractivity contribution < 1.29 is 9.53 Å². The quantitative estimate of drug-likeness (QED) is 0.600. The molecule has 0 N–H and O–H groups in total. The Bertz CT molecular complexity index is 314. The Morgan fingerprint density at radius 1 is 1.21 bits per heavy atom. The van der Waals surface area contributed by atoms with Gasteiger partial charge in [-0.1, -0.05) is 0 Å². The van der Waals surface area contributed by atoms with E-state index < -0.39 is 0 Å². The molecule has 0 unspecified atom stereocenters. The lowest BCUT2D eigenvalue weighted by molar-refractivity contribution is -0.114. The SMILES string of the molecule is CC1=C(C)/C(=C/OC(C)(C)C)CC1=O. The van der Waals surface area contributed by atoms with E-state index in [4.69, 9.17) is 4.74 Å². The highest BCUT2D eigenvalue weighted by Gasteiger charge is 2.22. The zero-order valence-corrected chi connectivity index (χ0v) is 9.60. The predicted octanol–water partition coefficient (Wildman–Crippen LogP) is 2.99. The molecule has 14 heavy (non-hydrogen) atoms. The van der Waals surface area contributed by atoms with Crippen molar-refractivity contribution in [3.05, 3.63) is 23.0 Å². The van der Waals surface area contributed by atoms with Crippen molar-refractivity contribution in [2.75, 3.05) is 0 Å². The molecule has 0 spiro atoms. The average Bonchev–Trinajstić information content (AvgIpc) is 2.28. The average molecular weight is 194 g/mol. The number of ether oxygens (including phenoxy) is 1. The second kappa shape index (κ2) is 3.60. The van der Waals surface area contributed by atoms with Gasteiger partial charge in [-0.15, -0.1) is 0 Å². The van der Waals surface area contributed by atoms with E-state index in [1.54, 1.807) is 6.26 Å². The first kappa shape index (κ1) is 11.0. The number of carbonyl (C=O) groups is 1. The van der Waals surface area contributed by atoms with E-state index in [0.29, 0.717) is 6.42 Å². The van der Waals surface area contributed by atoms with Crippen LogP contribution in [0.5, 0.6) is 0 Å². The van der Waals surface area contributed by atoms with E-state index in [0.717, 1.165) is 16.7 Å². The lowest BCUT2D eigenvalue weighted by Gasteiger charge is -2.18. The summed E-state index contributed by atoms with van der Waals surface area (Å²) in [5, 5.41) is 0. The van der Waals surface area contributed by atoms with Crippen molar-refractivity contribution >= 4 is 5.78 Å². The van der Waals surface area contributed by atoms with E-state index in [9.17, 15) is 4.79 Å². The molecule has 0 atom stereocenters. The third-order valence-electron chi connectivity index (χ3n) is 2.37. The van der Waals surface area contributed by atoms with Gasteiger partial charge < -0.3 is 4.74 Å². The van der Waals surface area contributed by atoms with Crippen molar-refractivity contribution in [2.24, 2.45) is 0 Å². The number of hydrogen-bond acceptors (Lipinski definition) is 2. The minimum absolute atomic E-state index is 0.188. The van der Waals surface area contributed by atoms with Crippen LogP contribution in [0, 0.1) is 0 Å². The summed E-state index contributed by atoms with van der Waals surface area (Å²) in [4.78, 5) is 11.4. The van der Waals surface area contributed by atoms with Gasteiger partial charge in [0, 0.05) is 6.42 Å². The molecule has 1 aliphatic rings. The Labute approximate surface area is 85.6 Å². The van der Waals surface area contributed by atoms with Crippen LogP contribution in [-0.4, -0.2) is 11.4 Å². The molecule has 0 bridgehead atoms. The normalized spacial score (nSPS) is 20.9. The molecule has 0 amide bonds. The first-order valence-corrected chi connectivity index (χ1v) is 4.89. The minimum atomic E-state index is -0.188. The summed E-state index contributed by atoms with van der Waals surface area (Å²) < 4.78 is 5.53. The highest BCUT2D eigenvalue weighted by Crippen LogP contribution is 2.28. The topological polar surface area (TPSA) is 26.3 Å². The highest BCUT2D eigenvalue weighted by molar-refractivity contribution is 6.01. The summed E-state index contributed by atoms with van der Waals surface area (Å²) in [6, 6.07) is 0. The van der Waals surface area contributed by atoms with Crippen LogP contribution in [0.15, 0.2) is 23.0 Å². The zero-order chi connectivity index (χ0) is 10.9. The molecule has 0 saturated heterocycles. The van der Waals surface area contributed by atoms with Crippen LogP contribution in [-0.2, 0) is 9.53 Å². The molecule has 2 nitrogen and oxygen atoms in total. The fraction of sp³-hybridized carbons (Fsp3) is 0.583. The predicted molar refractivity (Wildman–Crippen MR) is 56.9 cm³/mol. The maximum absolute atomic E-state index is 11.4. The molecule has 0 fully saturated rings. The standard InChI is InChI=1S/C12H18O2/c1-8-9(2)11(13)6-10(8)7-14-12(3,4)5/h7H,6H2,1-5H3/b10-7+. The molecule has 78 valence electrons. The van der Waals surface area contributed by atoms with Crippen LogP contribution >= 0.6 is 0 Å². The van der Waals surface area contributed by atoms with E-state index in [-0.39, 0.29) is 11.4 Å². The summed E-state index contributed by atoms with van der Waals surface area (Å²) in [6.45, 7) is 9.82. The number of carbonyl (C=O) groups excluding carboxylic acids is 1. The number of hydrogen-bond donors (Lipinski definition) is 0. The Morgan fingerprint density at radius 3 is 2.14 bits per heavy atom. The summed E-state index contributed by atoms with van der Waals surface area (Å²) in [5.41, 5.74) is 2.77. The first-order valence-electron chi connectivity index (χ1n) is 4.89. The van der Waals surface area contributed by atoms with Crippen molar-refractivity contribution in [3.8, 4) is 0 Å². The molecular weight excluding hydrogens is 176 g/mol. The van der Waals surface area contributed by atoms with Crippen molar-refractivity contribution in [1.29, 1.82) is 0 Å². The maximum Gasteiger partial charge on any atom is 0.163 e. The summed E-state index contributed by atoms with van der Waals surface area (Å²) in [6.07, 6.45) is 2.22. The Kier molecular flexibility index (Phi) is 2.84. The van der Waals surface area contributed by atoms with Crippen molar-refractivity contribution in [3.63, 3.8) is 0 Å². The highest BCUT2D eigenvalue weighted by atomic mass is 16.5. The minimum Gasteiger partial charge on any atom is -0.495 e. The van der Waals surface area contributed by atoms with E-state index >= 15 is 0 Å². The molecule has 0 radical (unpaired) electrons. The van der Waals surface area contributed by atoms with Crippen LogP contribution in [0.25, 0.3) is 0 Å². The zero-order valence-electron chi connectivity index (χ0n) is 9.60. The van der Waals surface area contributed by atoms with Gasteiger partial charge in [0.2, 0.25) is 0 Å². The number of rotatable bonds is 1. The summed E-state index contributed by atoms with van der Waals surface area (Å²) in [5.74, 6) is 0.214. The van der Waals surface area contributed by atoms with Crippen LogP contribution < -0.4 is 0 Å². The molecule has 2 heteroatoms. The van der Waals surface area contributed by atoms with Gasteiger partial charge in [-0.05, 0) is 51.3 Å². The number of allylic oxidation sites excluding steroid dienone is 3. The van der Waals surface area contributed by atoms with Crippen molar-refractivity contribution in [2.45, 2.75) is 46.6 Å². The second-order valence-corrected chi connectivity index (χ2v) is 4.72. The fourth-order valence-corrected chi connectivity index (χ4v) is 1.27. The van der Waals surface area contributed by atoms with E-state index in [1.807, 2.05) is 34.6 Å². The van der Waals surface area contributed by atoms with E-state index in [2.05, 4.69) is 0 Å². The number of Topliss-reactive ketones (excluding diaryl/α,β-unsaturated/α-hetero) is 1. The van der Waals surface area contributed by atoms with Crippen LogP contribution in [0.2, 0.25) is 0 Å². The molecule has 1 aliphatic carbocycles. The lowest BCUT2D eigenvalue weighted by atomic mass is 10.1. The monoisotopic (exact) mass is 194 g/mol. The summed E-state index contributed by atoms with van der Waals surface area (Å²) in [7, 11) is 0. The molecule has 0 heterocycles. The molecule has 0 aromatic rings. The smallest absolute Gasteiger partial charge is 0.163 e. The fourth-order valence-electron chi connectivity index (χ4n) is 1.27. The van der Waals surface area contributed by atoms with E-state index in [1.165, 1.54) is 0 Å². The third kappa shape index (κ3) is 2.47. The van der Waals surface area contributed by atoms with Gasteiger partial charge in [0.15, 0.2) is 5.78 Å². The van der Waals surface area contributed by atoms with Crippen LogP contribution in [0.1, 0.15) is 41.0 Å². The molecule has 1 rings (SSSR count). The van der Waals surface area contributed by atoms with Gasteiger partial charge >= 0.3 is 0 Å². The van der Waals surface area contributed by atoms with Gasteiger partial charge in [-0.3, -0.25) is 4.79 Å². The second-order valence-electron chi connectivity index (χ2n) is 4.72. The molecular formula is C12H18O2. The van der Waals surface area contributed by atoms with Gasteiger partial charge in [0.25, 0.3) is 0 Å². The third-order valence-corrected chi connectivity index (χ3v) is 2.37. The van der Waals surface area contributed by atoms with Crippen LogP contribution in [0.3, 0.4) is 0 Å². The molecule has 0 aromatic heterocycles. The Balaban J connectivity index is 2.79. The van der Waals surface area contributed by atoms with Gasteiger partial charge in [0.1, 0.15) is 0 Å². The first-order chi connectivity index (χ1) is 6.31.